The molecule has 0 radical (unpaired) electrons. The first-order valence-corrected chi connectivity index (χ1v) is 19.7. The fourth-order valence-corrected chi connectivity index (χ4v) is 6.13. The number of unbranched alkanes of at least 4 members (excludes halogenated alkanes) is 10. The Labute approximate surface area is 299 Å². The third kappa shape index (κ3) is 20.9. The summed E-state index contributed by atoms with van der Waals surface area (Å²) in [4.78, 5) is 30.4. The molecule has 0 saturated heterocycles. The SMILES string of the molecule is CCCCCCN(CCCCC)CCNC(=O)Nc1cccc(Cc2cccc(NC(=O)NCCN(CCCCC)CCCCCC)c2)c1. The molecule has 276 valence electrons. The van der Waals surface area contributed by atoms with Gasteiger partial charge in [0.15, 0.2) is 0 Å². The summed E-state index contributed by atoms with van der Waals surface area (Å²) in [5, 5.41) is 12.1. The Morgan fingerprint density at radius 3 is 1.24 bits per heavy atom. The van der Waals surface area contributed by atoms with Gasteiger partial charge in [0.25, 0.3) is 0 Å². The van der Waals surface area contributed by atoms with Gasteiger partial charge < -0.3 is 31.1 Å². The molecular formula is C41H70N6O2. The monoisotopic (exact) mass is 679 g/mol. The minimum Gasteiger partial charge on any atom is -0.337 e. The van der Waals surface area contributed by atoms with Crippen LogP contribution in [0, 0.1) is 0 Å². The predicted molar refractivity (Wildman–Crippen MR) is 210 cm³/mol. The molecule has 0 saturated carbocycles. The largest absolute Gasteiger partial charge is 0.337 e. The maximum absolute atomic E-state index is 12.7. The molecule has 0 aliphatic carbocycles. The highest BCUT2D eigenvalue weighted by Crippen LogP contribution is 2.18. The molecule has 4 amide bonds. The van der Waals surface area contributed by atoms with Crippen LogP contribution in [0.25, 0.3) is 0 Å². The molecular weight excluding hydrogens is 608 g/mol. The molecule has 0 bridgehead atoms. The van der Waals surface area contributed by atoms with Crippen molar-refractivity contribution in [1.29, 1.82) is 0 Å². The normalized spacial score (nSPS) is 11.2. The summed E-state index contributed by atoms with van der Waals surface area (Å²) in [7, 11) is 0. The Hall–Kier alpha value is -3.10. The summed E-state index contributed by atoms with van der Waals surface area (Å²) in [6.07, 6.45) is 18.2. The van der Waals surface area contributed by atoms with Gasteiger partial charge >= 0.3 is 12.1 Å². The molecule has 0 fully saturated rings. The van der Waals surface area contributed by atoms with E-state index in [1.807, 2.05) is 36.4 Å². The van der Waals surface area contributed by atoms with Crippen LogP contribution in [0.15, 0.2) is 48.5 Å². The number of anilines is 2. The van der Waals surface area contributed by atoms with E-state index in [4.69, 9.17) is 0 Å². The van der Waals surface area contributed by atoms with E-state index in [2.05, 4.69) is 70.9 Å². The molecule has 8 heteroatoms. The quantitative estimate of drug-likeness (QED) is 0.0675. The van der Waals surface area contributed by atoms with Crippen LogP contribution in [0.1, 0.15) is 129 Å². The Morgan fingerprint density at radius 2 is 0.857 bits per heavy atom. The third-order valence-corrected chi connectivity index (χ3v) is 9.02. The zero-order chi connectivity index (χ0) is 35.4. The van der Waals surface area contributed by atoms with Gasteiger partial charge in [0.05, 0.1) is 0 Å². The van der Waals surface area contributed by atoms with Crippen LogP contribution in [-0.4, -0.2) is 74.2 Å². The molecule has 0 spiro atoms. The smallest absolute Gasteiger partial charge is 0.319 e. The lowest BCUT2D eigenvalue weighted by Crippen LogP contribution is -2.37. The molecule has 0 aliphatic heterocycles. The van der Waals surface area contributed by atoms with E-state index in [1.165, 1.54) is 89.9 Å². The van der Waals surface area contributed by atoms with E-state index in [9.17, 15) is 9.59 Å². The number of nitrogens with one attached hydrogen (secondary N) is 4. The van der Waals surface area contributed by atoms with Crippen LogP contribution in [0.5, 0.6) is 0 Å². The first-order chi connectivity index (χ1) is 24.0. The number of nitrogens with zero attached hydrogens (tertiary/aromatic N) is 2. The van der Waals surface area contributed by atoms with Gasteiger partial charge in [-0.25, -0.2) is 9.59 Å². The number of amides is 4. The first-order valence-electron chi connectivity index (χ1n) is 19.7. The van der Waals surface area contributed by atoms with Gasteiger partial charge in [0.2, 0.25) is 0 Å². The number of carbonyl (C=O) groups excluding carboxylic acids is 2. The second kappa shape index (κ2) is 27.7. The van der Waals surface area contributed by atoms with Crippen molar-refractivity contribution in [2.75, 3.05) is 63.0 Å². The minimum atomic E-state index is -0.172. The van der Waals surface area contributed by atoms with Crippen molar-refractivity contribution >= 4 is 23.4 Å². The molecule has 49 heavy (non-hydrogen) atoms. The Bertz CT molecular complexity index is 1050. The topological polar surface area (TPSA) is 88.7 Å². The van der Waals surface area contributed by atoms with Crippen molar-refractivity contribution in [2.45, 2.75) is 124 Å². The molecule has 0 aliphatic rings. The summed E-state index contributed by atoms with van der Waals surface area (Å²) in [6.45, 7) is 16.4. The Kier molecular flexibility index (Phi) is 23.8. The molecule has 4 N–H and O–H groups in total. The molecule has 0 heterocycles. The maximum Gasteiger partial charge on any atom is 0.319 e. The number of hydrogen-bond donors (Lipinski definition) is 4. The number of carbonyl (C=O) groups is 2. The highest BCUT2D eigenvalue weighted by molar-refractivity contribution is 5.90. The molecule has 2 rings (SSSR count). The summed E-state index contributed by atoms with van der Waals surface area (Å²) in [6, 6.07) is 15.6. The lowest BCUT2D eigenvalue weighted by atomic mass is 10.0. The van der Waals surface area contributed by atoms with E-state index >= 15 is 0 Å². The highest BCUT2D eigenvalue weighted by atomic mass is 16.2. The van der Waals surface area contributed by atoms with Gasteiger partial charge in [-0.1, -0.05) is 116 Å². The molecule has 2 aromatic carbocycles. The summed E-state index contributed by atoms with van der Waals surface area (Å²) in [5.41, 5.74) is 3.74. The summed E-state index contributed by atoms with van der Waals surface area (Å²) in [5.74, 6) is 0. The van der Waals surface area contributed by atoms with Crippen molar-refractivity contribution in [3.8, 4) is 0 Å². The number of urea groups is 2. The molecule has 0 atom stereocenters. The second-order valence-corrected chi connectivity index (χ2v) is 13.6. The van der Waals surface area contributed by atoms with E-state index in [0.29, 0.717) is 19.5 Å². The number of hydrogen-bond acceptors (Lipinski definition) is 4. The van der Waals surface area contributed by atoms with Crippen LogP contribution in [-0.2, 0) is 6.42 Å². The minimum absolute atomic E-state index is 0.172. The van der Waals surface area contributed by atoms with Crippen molar-refractivity contribution in [1.82, 2.24) is 20.4 Å². The molecule has 0 unspecified atom stereocenters. The fourth-order valence-electron chi connectivity index (χ4n) is 6.13. The zero-order valence-electron chi connectivity index (χ0n) is 31.6. The number of rotatable bonds is 28. The van der Waals surface area contributed by atoms with Crippen molar-refractivity contribution in [3.63, 3.8) is 0 Å². The summed E-state index contributed by atoms with van der Waals surface area (Å²) < 4.78 is 0. The van der Waals surface area contributed by atoms with Crippen LogP contribution in [0.2, 0.25) is 0 Å². The number of benzene rings is 2. The van der Waals surface area contributed by atoms with Crippen molar-refractivity contribution in [2.24, 2.45) is 0 Å². The third-order valence-electron chi connectivity index (χ3n) is 9.02. The lowest BCUT2D eigenvalue weighted by molar-refractivity contribution is 0.241. The van der Waals surface area contributed by atoms with Gasteiger partial charge in [0.1, 0.15) is 0 Å². The van der Waals surface area contributed by atoms with E-state index in [1.54, 1.807) is 0 Å². The lowest BCUT2D eigenvalue weighted by Gasteiger charge is -2.22. The van der Waals surface area contributed by atoms with Crippen LogP contribution < -0.4 is 21.3 Å². The van der Waals surface area contributed by atoms with Gasteiger partial charge in [-0.3, -0.25) is 0 Å². The van der Waals surface area contributed by atoms with Crippen molar-refractivity contribution < 1.29 is 9.59 Å². The van der Waals surface area contributed by atoms with Gasteiger partial charge in [-0.05, 0) is 93.7 Å². The maximum atomic E-state index is 12.7. The second-order valence-electron chi connectivity index (χ2n) is 13.6. The zero-order valence-corrected chi connectivity index (χ0v) is 31.6. The van der Waals surface area contributed by atoms with E-state index in [-0.39, 0.29) is 12.1 Å². The summed E-state index contributed by atoms with van der Waals surface area (Å²) >= 11 is 0. The Morgan fingerprint density at radius 1 is 0.490 bits per heavy atom. The van der Waals surface area contributed by atoms with Gasteiger partial charge in [0, 0.05) is 37.6 Å². The van der Waals surface area contributed by atoms with Gasteiger partial charge in [-0.15, -0.1) is 0 Å². The standard InChI is InChI=1S/C41H70N6O2/c1-5-9-13-17-29-46(27-15-11-7-3)31-25-42-40(48)44-38-23-19-21-36(34-38)33-37-22-20-24-39(35-37)45-41(49)43-26-32-47(28-16-12-8-4)30-18-14-10-6-2/h19-24,34-35H,5-18,25-33H2,1-4H3,(H2,42,44,48)(H2,43,45,49). The first kappa shape index (κ1) is 42.1. The van der Waals surface area contributed by atoms with E-state index in [0.717, 1.165) is 61.8 Å². The van der Waals surface area contributed by atoms with E-state index < -0.39 is 0 Å². The van der Waals surface area contributed by atoms with Crippen LogP contribution >= 0.6 is 0 Å². The molecule has 8 nitrogen and oxygen atoms in total. The average molecular weight is 679 g/mol. The van der Waals surface area contributed by atoms with Crippen molar-refractivity contribution in [3.05, 3.63) is 59.7 Å². The average Bonchev–Trinajstić information content (AvgIpc) is 3.08. The van der Waals surface area contributed by atoms with Crippen LogP contribution in [0.4, 0.5) is 21.0 Å². The van der Waals surface area contributed by atoms with Crippen LogP contribution in [0.3, 0.4) is 0 Å². The highest BCUT2D eigenvalue weighted by Gasteiger charge is 2.09. The molecule has 0 aromatic heterocycles. The Balaban J connectivity index is 1.80. The predicted octanol–water partition coefficient (Wildman–Crippen LogP) is 9.67. The fraction of sp³-hybridized carbons (Fsp3) is 0.659. The van der Waals surface area contributed by atoms with Gasteiger partial charge in [-0.2, -0.15) is 0 Å². The molecule has 2 aromatic rings.